The Morgan fingerprint density at radius 1 is 1.37 bits per heavy atom. The Morgan fingerprint density at radius 3 is 2.79 bits per heavy atom. The standard InChI is InChI=1S/C14H17BrClN3/c1-10(2)19-14(17-9-18-19)7-12(8-15)11-4-3-5-13(16)6-11/h3-6,9-10,12H,7-8H2,1-2H3. The molecule has 2 rings (SSSR count). The van der Waals surface area contributed by atoms with Crippen molar-refractivity contribution < 1.29 is 0 Å². The topological polar surface area (TPSA) is 30.7 Å². The number of hydrogen-bond donors (Lipinski definition) is 0. The van der Waals surface area contributed by atoms with Gasteiger partial charge in [0.1, 0.15) is 12.2 Å². The van der Waals surface area contributed by atoms with Crippen LogP contribution in [0.5, 0.6) is 0 Å². The first-order valence-electron chi connectivity index (χ1n) is 6.31. The van der Waals surface area contributed by atoms with E-state index in [2.05, 4.69) is 45.9 Å². The van der Waals surface area contributed by atoms with Gasteiger partial charge in [-0.1, -0.05) is 39.7 Å². The molecular weight excluding hydrogens is 326 g/mol. The van der Waals surface area contributed by atoms with Crippen molar-refractivity contribution in [2.45, 2.75) is 32.2 Å². The quantitative estimate of drug-likeness (QED) is 0.761. The molecule has 2 aromatic rings. The Kier molecular flexibility index (Phi) is 4.99. The average Bonchev–Trinajstić information content (AvgIpc) is 2.84. The van der Waals surface area contributed by atoms with Gasteiger partial charge in [-0.15, -0.1) is 0 Å². The monoisotopic (exact) mass is 341 g/mol. The molecule has 0 saturated heterocycles. The smallest absolute Gasteiger partial charge is 0.138 e. The summed E-state index contributed by atoms with van der Waals surface area (Å²) in [4.78, 5) is 4.37. The SMILES string of the molecule is CC(C)n1ncnc1CC(CBr)c1cccc(Cl)c1. The summed E-state index contributed by atoms with van der Waals surface area (Å²) in [5.74, 6) is 1.36. The number of alkyl halides is 1. The minimum Gasteiger partial charge on any atom is -0.248 e. The number of hydrogen-bond acceptors (Lipinski definition) is 2. The molecule has 0 saturated carbocycles. The largest absolute Gasteiger partial charge is 0.248 e. The van der Waals surface area contributed by atoms with Crippen LogP contribution in [-0.4, -0.2) is 20.1 Å². The van der Waals surface area contributed by atoms with Crippen LogP contribution in [0.2, 0.25) is 5.02 Å². The van der Waals surface area contributed by atoms with E-state index in [9.17, 15) is 0 Å². The maximum Gasteiger partial charge on any atom is 0.138 e. The van der Waals surface area contributed by atoms with E-state index < -0.39 is 0 Å². The Morgan fingerprint density at radius 2 is 2.16 bits per heavy atom. The fourth-order valence-electron chi connectivity index (χ4n) is 2.09. The van der Waals surface area contributed by atoms with Gasteiger partial charge in [-0.3, -0.25) is 0 Å². The second-order valence-corrected chi connectivity index (χ2v) is 5.91. The van der Waals surface area contributed by atoms with Crippen LogP contribution in [0.4, 0.5) is 0 Å². The van der Waals surface area contributed by atoms with Crippen LogP contribution in [0, 0.1) is 0 Å². The van der Waals surface area contributed by atoms with Crippen LogP contribution >= 0.6 is 27.5 Å². The zero-order chi connectivity index (χ0) is 13.8. The lowest BCUT2D eigenvalue weighted by molar-refractivity contribution is 0.497. The molecule has 1 atom stereocenters. The molecular formula is C14H17BrClN3. The fraction of sp³-hybridized carbons (Fsp3) is 0.429. The molecule has 0 amide bonds. The lowest BCUT2D eigenvalue weighted by atomic mass is 9.97. The van der Waals surface area contributed by atoms with Crippen LogP contribution in [0.3, 0.4) is 0 Å². The molecule has 0 bridgehead atoms. The van der Waals surface area contributed by atoms with Gasteiger partial charge in [-0.05, 0) is 31.5 Å². The number of benzene rings is 1. The Labute approximate surface area is 127 Å². The summed E-state index contributed by atoms with van der Waals surface area (Å²) < 4.78 is 1.97. The molecule has 0 aliphatic rings. The van der Waals surface area contributed by atoms with Crippen molar-refractivity contribution in [1.82, 2.24) is 14.8 Å². The molecule has 0 fully saturated rings. The van der Waals surface area contributed by atoms with Crippen LogP contribution in [0.1, 0.15) is 37.2 Å². The average molecular weight is 343 g/mol. The van der Waals surface area contributed by atoms with E-state index >= 15 is 0 Å². The summed E-state index contributed by atoms with van der Waals surface area (Å²) in [6.45, 7) is 4.22. The summed E-state index contributed by atoms with van der Waals surface area (Å²) in [6, 6.07) is 8.33. The molecule has 5 heteroatoms. The van der Waals surface area contributed by atoms with Crippen molar-refractivity contribution in [3.8, 4) is 0 Å². The Balaban J connectivity index is 2.22. The summed E-state index contributed by atoms with van der Waals surface area (Å²) in [6.07, 6.45) is 2.47. The maximum atomic E-state index is 6.06. The van der Waals surface area contributed by atoms with E-state index in [4.69, 9.17) is 11.6 Å². The zero-order valence-electron chi connectivity index (χ0n) is 11.1. The third-order valence-corrected chi connectivity index (χ3v) is 4.09. The molecule has 1 unspecified atom stereocenters. The van der Waals surface area contributed by atoms with Crippen molar-refractivity contribution in [2.24, 2.45) is 0 Å². The molecule has 0 spiro atoms. The number of halogens is 2. The van der Waals surface area contributed by atoms with Crippen LogP contribution in [-0.2, 0) is 6.42 Å². The summed E-state index contributed by atoms with van der Waals surface area (Å²) in [7, 11) is 0. The van der Waals surface area contributed by atoms with E-state index in [1.807, 2.05) is 22.9 Å². The van der Waals surface area contributed by atoms with Crippen LogP contribution in [0.15, 0.2) is 30.6 Å². The molecule has 0 N–H and O–H groups in total. The van der Waals surface area contributed by atoms with Crippen molar-refractivity contribution in [3.05, 3.63) is 47.0 Å². The third kappa shape index (κ3) is 3.57. The van der Waals surface area contributed by atoms with Gasteiger partial charge in [-0.2, -0.15) is 5.10 Å². The number of aromatic nitrogens is 3. The van der Waals surface area contributed by atoms with Gasteiger partial charge >= 0.3 is 0 Å². The predicted molar refractivity (Wildman–Crippen MR) is 82.1 cm³/mol. The predicted octanol–water partition coefficient (Wildman–Crippen LogP) is 4.23. The van der Waals surface area contributed by atoms with Gasteiger partial charge in [-0.25, -0.2) is 9.67 Å². The van der Waals surface area contributed by atoms with Crippen molar-refractivity contribution in [1.29, 1.82) is 0 Å². The van der Waals surface area contributed by atoms with E-state index in [-0.39, 0.29) is 0 Å². The van der Waals surface area contributed by atoms with Crippen molar-refractivity contribution in [2.75, 3.05) is 5.33 Å². The normalized spacial score (nSPS) is 12.9. The minimum absolute atomic E-state index is 0.327. The molecule has 0 aliphatic carbocycles. The Hall–Kier alpha value is -0.870. The zero-order valence-corrected chi connectivity index (χ0v) is 13.4. The first-order chi connectivity index (χ1) is 9.11. The molecule has 3 nitrogen and oxygen atoms in total. The molecule has 19 heavy (non-hydrogen) atoms. The second kappa shape index (κ2) is 6.53. The molecule has 1 heterocycles. The highest BCUT2D eigenvalue weighted by Gasteiger charge is 2.16. The van der Waals surface area contributed by atoms with Gasteiger partial charge < -0.3 is 0 Å². The summed E-state index contributed by atoms with van der Waals surface area (Å²) >= 11 is 9.64. The highest BCUT2D eigenvalue weighted by Crippen LogP contribution is 2.25. The molecule has 0 radical (unpaired) electrons. The van der Waals surface area contributed by atoms with Gasteiger partial charge in [0.15, 0.2) is 0 Å². The fourth-order valence-corrected chi connectivity index (χ4v) is 2.90. The van der Waals surface area contributed by atoms with Gasteiger partial charge in [0.2, 0.25) is 0 Å². The lowest BCUT2D eigenvalue weighted by Gasteiger charge is -2.16. The van der Waals surface area contributed by atoms with Crippen LogP contribution < -0.4 is 0 Å². The van der Waals surface area contributed by atoms with E-state index in [1.165, 1.54) is 5.56 Å². The number of rotatable bonds is 5. The van der Waals surface area contributed by atoms with Gasteiger partial charge in [0, 0.05) is 28.7 Å². The number of nitrogens with zero attached hydrogens (tertiary/aromatic N) is 3. The lowest BCUT2D eigenvalue weighted by Crippen LogP contribution is -2.13. The van der Waals surface area contributed by atoms with Crippen molar-refractivity contribution in [3.63, 3.8) is 0 Å². The molecule has 1 aromatic carbocycles. The van der Waals surface area contributed by atoms with Crippen molar-refractivity contribution >= 4 is 27.5 Å². The van der Waals surface area contributed by atoms with Gasteiger partial charge in [0.25, 0.3) is 0 Å². The van der Waals surface area contributed by atoms with E-state index in [1.54, 1.807) is 6.33 Å². The Bertz CT molecular complexity index is 539. The minimum atomic E-state index is 0.327. The maximum absolute atomic E-state index is 6.06. The van der Waals surface area contributed by atoms with Gasteiger partial charge in [0.05, 0.1) is 0 Å². The third-order valence-electron chi connectivity index (χ3n) is 3.07. The first kappa shape index (κ1) is 14.5. The highest BCUT2D eigenvalue weighted by atomic mass is 79.9. The second-order valence-electron chi connectivity index (χ2n) is 4.82. The van der Waals surface area contributed by atoms with E-state index in [0.717, 1.165) is 22.6 Å². The summed E-state index contributed by atoms with van der Waals surface area (Å²) in [5.41, 5.74) is 1.22. The molecule has 1 aromatic heterocycles. The van der Waals surface area contributed by atoms with E-state index in [0.29, 0.717) is 12.0 Å². The first-order valence-corrected chi connectivity index (χ1v) is 7.81. The van der Waals surface area contributed by atoms with Crippen LogP contribution in [0.25, 0.3) is 0 Å². The highest BCUT2D eigenvalue weighted by molar-refractivity contribution is 9.09. The molecule has 0 aliphatic heterocycles. The molecule has 102 valence electrons. The summed E-state index contributed by atoms with van der Waals surface area (Å²) in [5, 5.41) is 5.92.